The molecule has 1 N–H and O–H groups in total. The first-order valence-electron chi connectivity index (χ1n) is 10.2. The fraction of sp³-hybridized carbons (Fsp3) is 0.435. The lowest BCUT2D eigenvalue weighted by Gasteiger charge is -2.32. The van der Waals surface area contributed by atoms with Crippen LogP contribution in [0, 0.1) is 5.92 Å². The summed E-state index contributed by atoms with van der Waals surface area (Å²) in [7, 11) is 0. The van der Waals surface area contributed by atoms with E-state index in [1.165, 1.54) is 29.7 Å². The molecule has 1 aliphatic heterocycles. The maximum absolute atomic E-state index is 12.9. The minimum atomic E-state index is 0.0589. The van der Waals surface area contributed by atoms with Crippen LogP contribution >= 0.6 is 23.4 Å². The normalized spacial score (nSPS) is 21.9. The second kappa shape index (κ2) is 8.79. The number of amides is 1. The van der Waals surface area contributed by atoms with Crippen LogP contribution < -0.4 is 10.2 Å². The number of hydrogen-bond acceptors (Lipinski definition) is 3. The summed E-state index contributed by atoms with van der Waals surface area (Å²) in [5.41, 5.74) is 3.16. The zero-order chi connectivity index (χ0) is 19.5. The Morgan fingerprint density at radius 2 is 1.96 bits per heavy atom. The molecule has 2 aromatic rings. The lowest BCUT2D eigenvalue weighted by molar-refractivity contribution is 0.0910. The molecular weight excluding hydrogens is 388 g/mol. The van der Waals surface area contributed by atoms with E-state index in [0.717, 1.165) is 41.5 Å². The van der Waals surface area contributed by atoms with E-state index in [4.69, 9.17) is 11.6 Å². The predicted molar refractivity (Wildman–Crippen MR) is 119 cm³/mol. The summed E-state index contributed by atoms with van der Waals surface area (Å²) in [4.78, 5) is 16.5. The summed E-state index contributed by atoms with van der Waals surface area (Å²) < 4.78 is 0. The molecule has 1 aliphatic carbocycles. The van der Waals surface area contributed by atoms with Crippen LogP contribution in [0.4, 0.5) is 5.69 Å². The highest BCUT2D eigenvalue weighted by Gasteiger charge is 2.24. The number of nitrogens with one attached hydrogen (secondary N) is 1. The van der Waals surface area contributed by atoms with Crippen LogP contribution in [-0.2, 0) is 6.54 Å². The largest absolute Gasteiger partial charge is 0.365 e. The maximum atomic E-state index is 12.9. The van der Waals surface area contributed by atoms with E-state index in [2.05, 4.69) is 41.4 Å². The van der Waals surface area contributed by atoms with Gasteiger partial charge in [-0.05, 0) is 54.7 Å². The Morgan fingerprint density at radius 1 is 1.18 bits per heavy atom. The van der Waals surface area contributed by atoms with Gasteiger partial charge in [0.05, 0.1) is 5.69 Å². The molecule has 148 valence electrons. The zero-order valence-electron chi connectivity index (χ0n) is 16.3. The van der Waals surface area contributed by atoms with Gasteiger partial charge in [0, 0.05) is 40.4 Å². The highest BCUT2D eigenvalue weighted by atomic mass is 35.5. The first-order valence-corrected chi connectivity index (χ1v) is 11.5. The van der Waals surface area contributed by atoms with Gasteiger partial charge in [-0.1, -0.05) is 43.5 Å². The molecular formula is C23H27ClN2OS. The molecule has 0 unspecified atom stereocenters. The van der Waals surface area contributed by atoms with E-state index >= 15 is 0 Å². The van der Waals surface area contributed by atoms with Crippen molar-refractivity contribution in [3.05, 3.63) is 58.6 Å². The molecule has 5 heteroatoms. The van der Waals surface area contributed by atoms with Gasteiger partial charge in [-0.2, -0.15) is 0 Å². The van der Waals surface area contributed by atoms with Crippen LogP contribution in [0.3, 0.4) is 0 Å². The van der Waals surface area contributed by atoms with E-state index in [1.807, 2.05) is 30.0 Å². The average Bonchev–Trinajstić information content (AvgIpc) is 2.71. The average molecular weight is 415 g/mol. The molecule has 0 aromatic heterocycles. The van der Waals surface area contributed by atoms with Gasteiger partial charge in [0.2, 0.25) is 0 Å². The predicted octanol–water partition coefficient (Wildman–Crippen LogP) is 5.76. The molecule has 0 saturated heterocycles. The number of rotatable bonds is 4. The summed E-state index contributed by atoms with van der Waals surface area (Å²) in [5, 5.41) is 4.04. The first-order chi connectivity index (χ1) is 13.6. The number of benzene rings is 2. The second-order valence-electron chi connectivity index (χ2n) is 7.92. The molecule has 4 rings (SSSR count). The number of carbonyl (C=O) groups is 1. The third-order valence-corrected chi connectivity index (χ3v) is 7.19. The van der Waals surface area contributed by atoms with Crippen molar-refractivity contribution in [2.75, 3.05) is 17.2 Å². The third-order valence-electron chi connectivity index (χ3n) is 5.90. The Hall–Kier alpha value is -1.65. The van der Waals surface area contributed by atoms with Gasteiger partial charge in [-0.15, -0.1) is 11.8 Å². The first kappa shape index (κ1) is 19.7. The van der Waals surface area contributed by atoms with Crippen molar-refractivity contribution in [3.8, 4) is 0 Å². The van der Waals surface area contributed by atoms with Crippen molar-refractivity contribution in [2.24, 2.45) is 5.92 Å². The molecule has 1 fully saturated rings. The molecule has 0 spiro atoms. The fourth-order valence-electron chi connectivity index (χ4n) is 4.17. The molecule has 1 saturated carbocycles. The Kier molecular flexibility index (Phi) is 6.17. The van der Waals surface area contributed by atoms with Crippen LogP contribution in [-0.4, -0.2) is 24.2 Å². The van der Waals surface area contributed by atoms with Gasteiger partial charge < -0.3 is 10.2 Å². The van der Waals surface area contributed by atoms with Crippen LogP contribution in [0.25, 0.3) is 0 Å². The van der Waals surface area contributed by atoms with Gasteiger partial charge in [0.1, 0.15) is 0 Å². The van der Waals surface area contributed by atoms with Gasteiger partial charge in [0.15, 0.2) is 0 Å². The minimum absolute atomic E-state index is 0.0589. The topological polar surface area (TPSA) is 32.3 Å². The summed E-state index contributed by atoms with van der Waals surface area (Å²) >= 11 is 7.89. The van der Waals surface area contributed by atoms with Crippen molar-refractivity contribution in [3.63, 3.8) is 0 Å². The number of thioether (sulfide) groups is 1. The Bertz CT molecular complexity index is 839. The number of anilines is 1. The Balaban J connectivity index is 1.52. The number of fused-ring (bicyclic) bond motifs is 1. The summed E-state index contributed by atoms with van der Waals surface area (Å²) in [6.45, 7) is 4.06. The fourth-order valence-corrected chi connectivity index (χ4v) is 5.33. The Labute approximate surface area is 176 Å². The summed E-state index contributed by atoms with van der Waals surface area (Å²) in [5.74, 6) is 1.68. The smallest absolute Gasteiger partial charge is 0.251 e. The molecule has 28 heavy (non-hydrogen) atoms. The molecule has 1 heterocycles. The van der Waals surface area contributed by atoms with Crippen molar-refractivity contribution in [2.45, 2.75) is 50.1 Å². The molecule has 2 atom stereocenters. The molecule has 2 aromatic carbocycles. The van der Waals surface area contributed by atoms with Crippen molar-refractivity contribution >= 4 is 35.0 Å². The highest BCUT2D eigenvalue weighted by molar-refractivity contribution is 7.99. The van der Waals surface area contributed by atoms with Crippen LogP contribution in [0.2, 0.25) is 5.02 Å². The standard InChI is InChI=1S/C23H27ClN2OS/c1-16-4-2-3-5-20(16)25-23(27)18-8-11-22-21(14-18)26(12-13-28-22)15-17-6-9-19(24)10-7-17/h6-11,14,16,20H,2-5,12-13,15H2,1H3,(H,25,27)/t16-,20+/m1/s1. The van der Waals surface area contributed by atoms with E-state index in [9.17, 15) is 4.79 Å². The van der Waals surface area contributed by atoms with Gasteiger partial charge in [-0.3, -0.25) is 4.79 Å². The molecule has 0 bridgehead atoms. The lowest BCUT2D eigenvalue weighted by Crippen LogP contribution is -2.41. The van der Waals surface area contributed by atoms with Crippen molar-refractivity contribution in [1.82, 2.24) is 5.32 Å². The monoisotopic (exact) mass is 414 g/mol. The minimum Gasteiger partial charge on any atom is -0.365 e. The highest BCUT2D eigenvalue weighted by Crippen LogP contribution is 2.36. The maximum Gasteiger partial charge on any atom is 0.251 e. The lowest BCUT2D eigenvalue weighted by atomic mass is 9.86. The van der Waals surface area contributed by atoms with E-state index < -0.39 is 0 Å². The van der Waals surface area contributed by atoms with E-state index in [0.29, 0.717) is 12.0 Å². The van der Waals surface area contributed by atoms with Crippen LogP contribution in [0.15, 0.2) is 47.4 Å². The van der Waals surface area contributed by atoms with Gasteiger partial charge in [0.25, 0.3) is 5.91 Å². The summed E-state index contributed by atoms with van der Waals surface area (Å²) in [6, 6.07) is 14.5. The van der Waals surface area contributed by atoms with Crippen molar-refractivity contribution in [1.29, 1.82) is 0 Å². The molecule has 2 aliphatic rings. The molecule has 1 amide bonds. The second-order valence-corrected chi connectivity index (χ2v) is 9.49. The SMILES string of the molecule is C[C@@H]1CCCC[C@@H]1NC(=O)c1ccc2c(c1)N(Cc1ccc(Cl)cc1)CCS2. The van der Waals surface area contributed by atoms with E-state index in [1.54, 1.807) is 0 Å². The van der Waals surface area contributed by atoms with Crippen LogP contribution in [0.5, 0.6) is 0 Å². The Morgan fingerprint density at radius 3 is 2.75 bits per heavy atom. The van der Waals surface area contributed by atoms with Gasteiger partial charge >= 0.3 is 0 Å². The number of hydrogen-bond donors (Lipinski definition) is 1. The van der Waals surface area contributed by atoms with Gasteiger partial charge in [-0.25, -0.2) is 0 Å². The summed E-state index contributed by atoms with van der Waals surface area (Å²) in [6.07, 6.45) is 4.80. The number of nitrogens with zero attached hydrogens (tertiary/aromatic N) is 1. The molecule has 3 nitrogen and oxygen atoms in total. The quantitative estimate of drug-likeness (QED) is 0.690. The van der Waals surface area contributed by atoms with Crippen LogP contribution in [0.1, 0.15) is 48.5 Å². The zero-order valence-corrected chi connectivity index (χ0v) is 17.9. The number of carbonyl (C=O) groups excluding carboxylic acids is 1. The van der Waals surface area contributed by atoms with E-state index in [-0.39, 0.29) is 5.91 Å². The molecule has 0 radical (unpaired) electrons. The number of halogens is 1. The van der Waals surface area contributed by atoms with Crippen molar-refractivity contribution < 1.29 is 4.79 Å². The third kappa shape index (κ3) is 4.49.